The Morgan fingerprint density at radius 3 is 2.36 bits per heavy atom. The van der Waals surface area contributed by atoms with Crippen molar-refractivity contribution in [3.63, 3.8) is 0 Å². The van der Waals surface area contributed by atoms with Crippen molar-refractivity contribution >= 4 is 34.3 Å². The quantitative estimate of drug-likeness (QED) is 0.507. The third-order valence-electron chi connectivity index (χ3n) is 5.89. The molecule has 1 amide bonds. The van der Waals surface area contributed by atoms with Gasteiger partial charge in [-0.3, -0.25) is 4.79 Å². The van der Waals surface area contributed by atoms with Crippen LogP contribution in [0.4, 0.5) is 17.5 Å². The largest absolute Gasteiger partial charge is 0.340 e. The minimum Gasteiger partial charge on any atom is -0.340 e. The molecule has 33 heavy (non-hydrogen) atoms. The number of aromatic nitrogens is 4. The Hall–Kier alpha value is -4.07. The van der Waals surface area contributed by atoms with Gasteiger partial charge >= 0.3 is 0 Å². The third-order valence-corrected chi connectivity index (χ3v) is 5.89. The van der Waals surface area contributed by atoms with E-state index < -0.39 is 0 Å². The Morgan fingerprint density at radius 2 is 1.64 bits per heavy atom. The van der Waals surface area contributed by atoms with Gasteiger partial charge in [0, 0.05) is 55.2 Å². The number of para-hydroxylation sites is 1. The van der Waals surface area contributed by atoms with Crippen molar-refractivity contribution in [1.82, 2.24) is 24.8 Å². The average molecular weight is 440 g/mol. The first-order valence-electron chi connectivity index (χ1n) is 11.1. The summed E-state index contributed by atoms with van der Waals surface area (Å²) in [5.74, 6) is 1.51. The Balaban J connectivity index is 1.22. The molecule has 5 rings (SSSR count). The number of benzene rings is 2. The number of carbonyl (C=O) groups is 1. The SMILES string of the molecule is CCc1cnc(N2CCN(C(=O)c3ccc(Nc4ncnc5ccccc45)cc3)CC2)nc1. The van der Waals surface area contributed by atoms with E-state index in [-0.39, 0.29) is 5.91 Å². The van der Waals surface area contributed by atoms with E-state index in [1.54, 1.807) is 6.33 Å². The van der Waals surface area contributed by atoms with Crippen molar-refractivity contribution in [2.45, 2.75) is 13.3 Å². The van der Waals surface area contributed by atoms with Gasteiger partial charge in [-0.25, -0.2) is 19.9 Å². The molecule has 8 heteroatoms. The number of nitrogens with zero attached hydrogens (tertiary/aromatic N) is 6. The van der Waals surface area contributed by atoms with Crippen molar-refractivity contribution in [2.75, 3.05) is 36.4 Å². The van der Waals surface area contributed by atoms with E-state index in [0.717, 1.165) is 53.4 Å². The van der Waals surface area contributed by atoms with Crippen molar-refractivity contribution in [1.29, 1.82) is 0 Å². The first-order valence-corrected chi connectivity index (χ1v) is 11.1. The molecule has 8 nitrogen and oxygen atoms in total. The minimum absolute atomic E-state index is 0.0379. The molecule has 2 aromatic heterocycles. The van der Waals surface area contributed by atoms with Gasteiger partial charge in [-0.15, -0.1) is 0 Å². The third kappa shape index (κ3) is 4.45. The molecule has 0 saturated carbocycles. The Kier molecular flexibility index (Phi) is 5.80. The van der Waals surface area contributed by atoms with Gasteiger partial charge in [0.15, 0.2) is 0 Å². The first-order chi connectivity index (χ1) is 16.2. The zero-order valence-corrected chi connectivity index (χ0v) is 18.5. The molecular weight excluding hydrogens is 414 g/mol. The highest BCUT2D eigenvalue weighted by Gasteiger charge is 2.23. The summed E-state index contributed by atoms with van der Waals surface area (Å²) in [6, 6.07) is 15.4. The van der Waals surface area contributed by atoms with Crippen LogP contribution in [-0.2, 0) is 6.42 Å². The van der Waals surface area contributed by atoms with E-state index >= 15 is 0 Å². The van der Waals surface area contributed by atoms with Crippen molar-refractivity contribution in [3.8, 4) is 0 Å². The van der Waals surface area contributed by atoms with E-state index in [4.69, 9.17) is 0 Å². The first kappa shape index (κ1) is 20.8. The lowest BCUT2D eigenvalue weighted by Gasteiger charge is -2.34. The normalized spacial score (nSPS) is 13.8. The van der Waals surface area contributed by atoms with E-state index in [0.29, 0.717) is 18.7 Å². The fourth-order valence-corrected chi connectivity index (χ4v) is 3.92. The second-order valence-corrected chi connectivity index (χ2v) is 7.97. The van der Waals surface area contributed by atoms with Crippen molar-refractivity contribution in [3.05, 3.63) is 78.4 Å². The lowest BCUT2D eigenvalue weighted by atomic mass is 10.1. The summed E-state index contributed by atoms with van der Waals surface area (Å²) in [5.41, 5.74) is 3.55. The topological polar surface area (TPSA) is 87.1 Å². The number of rotatable bonds is 5. The number of aryl methyl sites for hydroxylation is 1. The van der Waals surface area contributed by atoms with Gasteiger partial charge in [0.25, 0.3) is 5.91 Å². The number of amides is 1. The highest BCUT2D eigenvalue weighted by atomic mass is 16.2. The van der Waals surface area contributed by atoms with Gasteiger partial charge in [-0.2, -0.15) is 0 Å². The molecule has 1 saturated heterocycles. The lowest BCUT2D eigenvalue weighted by Crippen LogP contribution is -2.49. The molecular formula is C25H25N7O. The predicted molar refractivity (Wildman–Crippen MR) is 129 cm³/mol. The van der Waals surface area contributed by atoms with Crippen LogP contribution in [0.25, 0.3) is 10.9 Å². The van der Waals surface area contributed by atoms with Gasteiger partial charge in [-0.1, -0.05) is 19.1 Å². The molecule has 166 valence electrons. The van der Waals surface area contributed by atoms with Gasteiger partial charge in [-0.05, 0) is 48.4 Å². The fourth-order valence-electron chi connectivity index (χ4n) is 3.92. The average Bonchev–Trinajstić information content (AvgIpc) is 2.89. The number of hydrogen-bond acceptors (Lipinski definition) is 7. The van der Waals surface area contributed by atoms with Crippen LogP contribution in [0.1, 0.15) is 22.8 Å². The smallest absolute Gasteiger partial charge is 0.253 e. The summed E-state index contributed by atoms with van der Waals surface area (Å²) in [5, 5.41) is 4.28. The second kappa shape index (κ2) is 9.20. The van der Waals surface area contributed by atoms with E-state index in [1.807, 2.05) is 65.8 Å². The van der Waals surface area contributed by atoms with E-state index in [2.05, 4.69) is 37.1 Å². The summed E-state index contributed by atoms with van der Waals surface area (Å²) in [6.45, 7) is 4.81. The lowest BCUT2D eigenvalue weighted by molar-refractivity contribution is 0.0746. The van der Waals surface area contributed by atoms with Crippen LogP contribution in [0.5, 0.6) is 0 Å². The Bertz CT molecular complexity index is 1240. The van der Waals surface area contributed by atoms with Crippen LogP contribution in [0.3, 0.4) is 0 Å². The molecule has 4 aromatic rings. The number of piperazine rings is 1. The van der Waals surface area contributed by atoms with Crippen LogP contribution in [-0.4, -0.2) is 56.9 Å². The van der Waals surface area contributed by atoms with Crippen LogP contribution in [0.2, 0.25) is 0 Å². The standard InChI is InChI=1S/C25H25N7O/c1-2-18-15-26-25(27-16-18)32-13-11-31(12-14-32)24(33)19-7-9-20(10-8-19)30-23-21-5-3-4-6-22(21)28-17-29-23/h3-10,15-17H,2,11-14H2,1H3,(H,28,29,30). The van der Waals surface area contributed by atoms with E-state index in [9.17, 15) is 4.79 Å². The number of nitrogens with one attached hydrogen (secondary N) is 1. The van der Waals surface area contributed by atoms with Gasteiger partial charge in [0.05, 0.1) is 5.52 Å². The second-order valence-electron chi connectivity index (χ2n) is 7.97. The highest BCUT2D eigenvalue weighted by Crippen LogP contribution is 2.23. The van der Waals surface area contributed by atoms with Gasteiger partial charge in [0.2, 0.25) is 5.95 Å². The zero-order chi connectivity index (χ0) is 22.6. The summed E-state index contributed by atoms with van der Waals surface area (Å²) >= 11 is 0. The molecule has 3 heterocycles. The summed E-state index contributed by atoms with van der Waals surface area (Å²) in [4.78, 5) is 34.6. The van der Waals surface area contributed by atoms with Crippen molar-refractivity contribution < 1.29 is 4.79 Å². The zero-order valence-electron chi connectivity index (χ0n) is 18.5. The molecule has 0 bridgehead atoms. The van der Waals surface area contributed by atoms with Crippen LogP contribution in [0.15, 0.2) is 67.3 Å². The van der Waals surface area contributed by atoms with Crippen LogP contribution < -0.4 is 10.2 Å². The summed E-state index contributed by atoms with van der Waals surface area (Å²) in [6.07, 6.45) is 6.22. The summed E-state index contributed by atoms with van der Waals surface area (Å²) in [7, 11) is 0. The molecule has 0 unspecified atom stereocenters. The van der Waals surface area contributed by atoms with Crippen LogP contribution >= 0.6 is 0 Å². The molecule has 1 aliphatic rings. The molecule has 1 fully saturated rings. The van der Waals surface area contributed by atoms with Crippen molar-refractivity contribution in [2.24, 2.45) is 0 Å². The summed E-state index contributed by atoms with van der Waals surface area (Å²) < 4.78 is 0. The molecule has 1 N–H and O–H groups in total. The molecule has 0 radical (unpaired) electrons. The Labute approximate surface area is 192 Å². The maximum atomic E-state index is 13.0. The number of fused-ring (bicyclic) bond motifs is 1. The molecule has 1 aliphatic heterocycles. The number of carbonyl (C=O) groups excluding carboxylic acids is 1. The fraction of sp³-hybridized carbons (Fsp3) is 0.240. The number of anilines is 3. The predicted octanol–water partition coefficient (Wildman–Crippen LogP) is 3.69. The maximum absolute atomic E-state index is 13.0. The molecule has 0 spiro atoms. The van der Waals surface area contributed by atoms with Crippen LogP contribution in [0, 0.1) is 0 Å². The molecule has 0 aliphatic carbocycles. The maximum Gasteiger partial charge on any atom is 0.253 e. The van der Waals surface area contributed by atoms with Gasteiger partial charge < -0.3 is 15.1 Å². The molecule has 0 atom stereocenters. The van der Waals surface area contributed by atoms with Gasteiger partial charge in [0.1, 0.15) is 12.1 Å². The highest BCUT2D eigenvalue weighted by molar-refractivity contribution is 5.95. The monoisotopic (exact) mass is 439 g/mol. The van der Waals surface area contributed by atoms with E-state index in [1.165, 1.54) is 0 Å². The molecule has 2 aromatic carbocycles. The minimum atomic E-state index is 0.0379. The number of hydrogen-bond donors (Lipinski definition) is 1. The Morgan fingerprint density at radius 1 is 0.909 bits per heavy atom.